The van der Waals surface area contributed by atoms with E-state index in [-0.39, 0.29) is 0 Å². The van der Waals surface area contributed by atoms with Crippen LogP contribution in [0.3, 0.4) is 0 Å². The number of hydrogen-bond donors (Lipinski definition) is 0. The quantitative estimate of drug-likeness (QED) is 0.352. The summed E-state index contributed by atoms with van der Waals surface area (Å²) in [6, 6.07) is 10.9. The van der Waals surface area contributed by atoms with Gasteiger partial charge in [0.25, 0.3) is 0 Å². The van der Waals surface area contributed by atoms with Crippen LogP contribution < -0.4 is 0 Å². The lowest BCUT2D eigenvalue weighted by Gasteiger charge is -2.15. The van der Waals surface area contributed by atoms with Crippen LogP contribution in [0.15, 0.2) is 35.2 Å². The average Bonchev–Trinajstić information content (AvgIpc) is 2.40. The minimum Gasteiger partial charge on any atom is -0.123 e. The van der Waals surface area contributed by atoms with E-state index >= 15 is 0 Å². The van der Waals surface area contributed by atoms with Crippen LogP contribution in [0.2, 0.25) is 0 Å². The number of rotatable bonds is 10. The van der Waals surface area contributed by atoms with Crippen LogP contribution in [0.1, 0.15) is 65.2 Å². The molecule has 0 spiro atoms. The van der Waals surface area contributed by atoms with Gasteiger partial charge < -0.3 is 0 Å². The summed E-state index contributed by atoms with van der Waals surface area (Å²) in [6.45, 7) is 4.58. The number of hydrogen-bond acceptors (Lipinski definition) is 1. The molecule has 0 aliphatic heterocycles. The highest BCUT2D eigenvalue weighted by Gasteiger charge is 2.09. The molecule has 0 saturated heterocycles. The molecule has 0 saturated carbocycles. The third kappa shape index (κ3) is 7.10. The molecule has 0 N–H and O–H groups in total. The van der Waals surface area contributed by atoms with Gasteiger partial charge in [0.05, 0.1) is 0 Å². The summed E-state index contributed by atoms with van der Waals surface area (Å²) >= 11 is 2.08. The normalized spacial score (nSPS) is 12.6. The molecule has 1 aromatic carbocycles. The second kappa shape index (κ2) is 10.5. The predicted molar refractivity (Wildman–Crippen MR) is 84.4 cm³/mol. The first-order chi connectivity index (χ1) is 8.86. The molecule has 102 valence electrons. The van der Waals surface area contributed by atoms with Crippen molar-refractivity contribution in [3.8, 4) is 0 Å². The summed E-state index contributed by atoms with van der Waals surface area (Å²) < 4.78 is 0. The van der Waals surface area contributed by atoms with Gasteiger partial charge >= 0.3 is 0 Å². The maximum absolute atomic E-state index is 2.30. The van der Waals surface area contributed by atoms with Crippen molar-refractivity contribution >= 4 is 11.8 Å². The van der Waals surface area contributed by atoms with E-state index in [4.69, 9.17) is 0 Å². The van der Waals surface area contributed by atoms with E-state index in [0.29, 0.717) is 0 Å². The molecule has 1 rings (SSSR count). The van der Waals surface area contributed by atoms with Gasteiger partial charge in [-0.15, -0.1) is 11.8 Å². The van der Waals surface area contributed by atoms with Gasteiger partial charge in [-0.3, -0.25) is 0 Å². The Kier molecular flexibility index (Phi) is 9.11. The van der Waals surface area contributed by atoms with Gasteiger partial charge in [0.2, 0.25) is 0 Å². The van der Waals surface area contributed by atoms with Gasteiger partial charge in [0, 0.05) is 10.1 Å². The first-order valence-electron chi connectivity index (χ1n) is 7.58. The van der Waals surface area contributed by atoms with Gasteiger partial charge in [-0.1, -0.05) is 70.6 Å². The monoisotopic (exact) mass is 264 g/mol. The summed E-state index contributed by atoms with van der Waals surface area (Å²) in [4.78, 5) is 1.43. The summed E-state index contributed by atoms with van der Waals surface area (Å²) in [6.07, 6.45) is 11.0. The molecule has 0 fully saturated rings. The zero-order chi connectivity index (χ0) is 13.1. The second-order valence-corrected chi connectivity index (χ2v) is 6.42. The molecule has 0 bridgehead atoms. The van der Waals surface area contributed by atoms with Crippen LogP contribution in [0, 0.1) is 0 Å². The zero-order valence-corrected chi connectivity index (χ0v) is 12.8. The van der Waals surface area contributed by atoms with Crippen LogP contribution in [0.25, 0.3) is 0 Å². The van der Waals surface area contributed by atoms with Gasteiger partial charge in [-0.05, 0) is 25.0 Å². The van der Waals surface area contributed by atoms with E-state index in [1.54, 1.807) is 0 Å². The highest BCUT2D eigenvalue weighted by molar-refractivity contribution is 8.00. The fourth-order valence-electron chi connectivity index (χ4n) is 2.25. The number of benzene rings is 1. The van der Waals surface area contributed by atoms with E-state index in [0.717, 1.165) is 5.25 Å². The lowest BCUT2D eigenvalue weighted by atomic mass is 10.1. The number of unbranched alkanes of at least 4 members (excludes halogenated alkanes) is 4. The molecule has 0 radical (unpaired) electrons. The van der Waals surface area contributed by atoms with Crippen molar-refractivity contribution in [2.45, 2.75) is 75.4 Å². The molecule has 1 atom stereocenters. The fraction of sp³-hybridized carbons (Fsp3) is 0.647. The van der Waals surface area contributed by atoms with E-state index in [2.05, 4.69) is 55.9 Å². The second-order valence-electron chi connectivity index (χ2n) is 5.04. The van der Waals surface area contributed by atoms with Crippen molar-refractivity contribution in [2.24, 2.45) is 0 Å². The topological polar surface area (TPSA) is 0 Å². The lowest BCUT2D eigenvalue weighted by Crippen LogP contribution is -2.02. The molecule has 0 aliphatic carbocycles. The summed E-state index contributed by atoms with van der Waals surface area (Å²) in [5.41, 5.74) is 0. The predicted octanol–water partition coefficient (Wildman–Crippen LogP) is 6.31. The van der Waals surface area contributed by atoms with Crippen molar-refractivity contribution in [3.05, 3.63) is 30.3 Å². The van der Waals surface area contributed by atoms with Crippen molar-refractivity contribution in [2.75, 3.05) is 0 Å². The Bertz CT molecular complexity index is 281. The molecule has 0 heterocycles. The molecular formula is C17H28S. The smallest absolute Gasteiger partial charge is 0.00943 e. The maximum Gasteiger partial charge on any atom is 0.00943 e. The first kappa shape index (κ1) is 15.6. The molecule has 0 nitrogen and oxygen atoms in total. The Labute approximate surface area is 118 Å². The molecule has 0 aliphatic rings. The van der Waals surface area contributed by atoms with E-state index in [1.165, 1.54) is 56.3 Å². The fourth-order valence-corrected chi connectivity index (χ4v) is 3.59. The van der Waals surface area contributed by atoms with E-state index in [1.807, 2.05) is 0 Å². The highest BCUT2D eigenvalue weighted by Crippen LogP contribution is 2.29. The summed E-state index contributed by atoms with van der Waals surface area (Å²) in [5, 5.41) is 0.819. The van der Waals surface area contributed by atoms with Crippen LogP contribution in [-0.4, -0.2) is 5.25 Å². The van der Waals surface area contributed by atoms with Crippen molar-refractivity contribution in [1.29, 1.82) is 0 Å². The van der Waals surface area contributed by atoms with Crippen molar-refractivity contribution in [1.82, 2.24) is 0 Å². The van der Waals surface area contributed by atoms with Gasteiger partial charge in [0.1, 0.15) is 0 Å². The number of thioether (sulfide) groups is 1. The summed E-state index contributed by atoms with van der Waals surface area (Å²) in [5.74, 6) is 0. The lowest BCUT2D eigenvalue weighted by molar-refractivity contribution is 0.580. The zero-order valence-electron chi connectivity index (χ0n) is 12.0. The molecule has 1 heteroatoms. The molecule has 1 aromatic rings. The molecule has 0 amide bonds. The standard InChI is InChI=1S/C17H28S/c1-3-5-6-7-9-13-16(12-4-2)18-17-14-10-8-11-15-17/h8,10-11,14-16H,3-7,9,12-13H2,1-2H3. The Morgan fingerprint density at radius 2 is 1.56 bits per heavy atom. The third-order valence-electron chi connectivity index (χ3n) is 3.29. The molecule has 18 heavy (non-hydrogen) atoms. The van der Waals surface area contributed by atoms with Crippen LogP contribution in [0.5, 0.6) is 0 Å². The Hall–Kier alpha value is -0.430. The molecular weight excluding hydrogens is 236 g/mol. The van der Waals surface area contributed by atoms with Crippen molar-refractivity contribution in [3.63, 3.8) is 0 Å². The Morgan fingerprint density at radius 3 is 2.22 bits per heavy atom. The third-order valence-corrected chi connectivity index (χ3v) is 4.64. The van der Waals surface area contributed by atoms with Gasteiger partial charge in [0.15, 0.2) is 0 Å². The van der Waals surface area contributed by atoms with E-state index in [9.17, 15) is 0 Å². The van der Waals surface area contributed by atoms with Crippen LogP contribution >= 0.6 is 11.8 Å². The molecule has 0 aromatic heterocycles. The summed E-state index contributed by atoms with van der Waals surface area (Å²) in [7, 11) is 0. The average molecular weight is 264 g/mol. The van der Waals surface area contributed by atoms with Gasteiger partial charge in [-0.25, -0.2) is 0 Å². The van der Waals surface area contributed by atoms with E-state index < -0.39 is 0 Å². The minimum atomic E-state index is 0.819. The van der Waals surface area contributed by atoms with Crippen LogP contribution in [-0.2, 0) is 0 Å². The SMILES string of the molecule is CCCCCCCC(CCC)Sc1ccccc1. The Balaban J connectivity index is 2.26. The minimum absolute atomic E-state index is 0.819. The maximum atomic E-state index is 2.30. The van der Waals surface area contributed by atoms with Crippen molar-refractivity contribution < 1.29 is 0 Å². The Morgan fingerprint density at radius 1 is 0.833 bits per heavy atom. The van der Waals surface area contributed by atoms with Gasteiger partial charge in [-0.2, -0.15) is 0 Å². The van der Waals surface area contributed by atoms with Crippen LogP contribution in [0.4, 0.5) is 0 Å². The molecule has 1 unspecified atom stereocenters. The highest BCUT2D eigenvalue weighted by atomic mass is 32.2. The first-order valence-corrected chi connectivity index (χ1v) is 8.46. The largest absolute Gasteiger partial charge is 0.123 e.